The number of hydrogen-bond donors (Lipinski definition) is 1. The summed E-state index contributed by atoms with van der Waals surface area (Å²) in [5.74, 6) is 0. The van der Waals surface area contributed by atoms with Crippen molar-refractivity contribution < 1.29 is 13.7 Å². The highest BCUT2D eigenvalue weighted by Crippen LogP contribution is 2.31. The van der Waals surface area contributed by atoms with E-state index in [9.17, 15) is 18.9 Å². The minimum Gasteiger partial charge on any atom is -0.326 e. The molecule has 0 aliphatic rings. The van der Waals surface area contributed by atoms with Crippen LogP contribution in [0.4, 0.5) is 14.5 Å². The minimum atomic E-state index is -3.08. The normalized spacial score (nSPS) is 10.2. The van der Waals surface area contributed by atoms with Gasteiger partial charge in [-0.15, -0.1) is 0 Å². The number of rotatable bonds is 3. The van der Waals surface area contributed by atoms with Crippen molar-refractivity contribution in [3.8, 4) is 6.07 Å². The highest BCUT2D eigenvalue weighted by atomic mass is 19.3. The fourth-order valence-electron chi connectivity index (χ4n) is 1.22. The molecule has 1 rings (SSSR count). The first-order valence-corrected chi connectivity index (χ1v) is 4.07. The van der Waals surface area contributed by atoms with Gasteiger partial charge in [-0.25, -0.2) is 13.8 Å². The fraction of sp³-hybridized carbons (Fsp3) is 0.250. The first kappa shape index (κ1) is 11.9. The first-order valence-electron chi connectivity index (χ1n) is 4.07. The quantitative estimate of drug-likeness (QED) is 0.619. The van der Waals surface area contributed by atoms with Crippen molar-refractivity contribution >= 4 is 5.69 Å². The van der Waals surface area contributed by atoms with Crippen LogP contribution < -0.4 is 5.73 Å². The second-order valence-corrected chi connectivity index (χ2v) is 2.76. The van der Waals surface area contributed by atoms with Crippen molar-refractivity contribution in [1.29, 1.82) is 5.26 Å². The van der Waals surface area contributed by atoms with Gasteiger partial charge in [0, 0.05) is 12.7 Å². The minimum absolute atomic E-state index is 0.168. The maximum atomic E-state index is 12.4. The lowest BCUT2D eigenvalue weighted by atomic mass is 10.1. The number of nitrogens with two attached hydrogens (primary N) is 1. The van der Waals surface area contributed by atoms with Crippen molar-refractivity contribution in [2.75, 3.05) is 0 Å². The van der Waals surface area contributed by atoms with E-state index in [-0.39, 0.29) is 17.7 Å². The van der Waals surface area contributed by atoms with E-state index < -0.39 is 22.7 Å². The van der Waals surface area contributed by atoms with Crippen LogP contribution in [0.5, 0.6) is 0 Å². The maximum Gasteiger partial charge on any atom is 0.302 e. The Morgan fingerprint density at radius 3 is 2.69 bits per heavy atom. The average Bonchev–Trinajstić information content (AvgIpc) is 2.26. The van der Waals surface area contributed by atoms with Crippen molar-refractivity contribution in [2.24, 2.45) is 5.73 Å². The molecule has 1 aromatic heterocycles. The largest absolute Gasteiger partial charge is 0.326 e. The number of hydrogen-bond acceptors (Lipinski definition) is 5. The van der Waals surface area contributed by atoms with E-state index in [2.05, 4.69) is 4.98 Å². The van der Waals surface area contributed by atoms with Gasteiger partial charge in [-0.2, -0.15) is 5.26 Å². The molecule has 0 aliphatic heterocycles. The van der Waals surface area contributed by atoms with Crippen LogP contribution in [0.15, 0.2) is 6.20 Å². The summed E-state index contributed by atoms with van der Waals surface area (Å²) in [7, 11) is 0. The highest BCUT2D eigenvalue weighted by molar-refractivity contribution is 5.52. The van der Waals surface area contributed by atoms with Crippen molar-refractivity contribution in [3.63, 3.8) is 0 Å². The molecule has 0 fully saturated rings. The van der Waals surface area contributed by atoms with Crippen LogP contribution in [0.3, 0.4) is 0 Å². The van der Waals surface area contributed by atoms with Gasteiger partial charge in [0.15, 0.2) is 5.69 Å². The van der Waals surface area contributed by atoms with E-state index in [1.165, 1.54) is 0 Å². The van der Waals surface area contributed by atoms with Gasteiger partial charge in [0.05, 0.1) is 16.1 Å². The summed E-state index contributed by atoms with van der Waals surface area (Å²) in [5.41, 5.74) is 2.97. The topological polar surface area (TPSA) is 106 Å². The van der Waals surface area contributed by atoms with Crippen LogP contribution in [0.2, 0.25) is 0 Å². The molecule has 1 heterocycles. The van der Waals surface area contributed by atoms with Gasteiger partial charge in [-0.05, 0) is 0 Å². The molecule has 6 nitrogen and oxygen atoms in total. The van der Waals surface area contributed by atoms with Gasteiger partial charge < -0.3 is 5.73 Å². The lowest BCUT2D eigenvalue weighted by Gasteiger charge is -2.06. The summed E-state index contributed by atoms with van der Waals surface area (Å²) in [6, 6.07) is 1.62. The predicted octanol–water partition coefficient (Wildman–Crippen LogP) is 1.26. The molecule has 0 saturated carbocycles. The number of nitrogens with zero attached hydrogens (tertiary/aromatic N) is 3. The van der Waals surface area contributed by atoms with E-state index in [0.29, 0.717) is 0 Å². The van der Waals surface area contributed by atoms with Crippen LogP contribution in [0, 0.1) is 21.4 Å². The molecule has 0 saturated heterocycles. The Kier molecular flexibility index (Phi) is 3.42. The molecule has 0 spiro atoms. The van der Waals surface area contributed by atoms with Crippen molar-refractivity contribution in [3.05, 3.63) is 33.1 Å². The number of alkyl halides is 2. The number of pyridine rings is 1. The lowest BCUT2D eigenvalue weighted by Crippen LogP contribution is -2.09. The molecular weight excluding hydrogens is 222 g/mol. The van der Waals surface area contributed by atoms with Crippen molar-refractivity contribution in [1.82, 2.24) is 4.98 Å². The summed E-state index contributed by atoms with van der Waals surface area (Å²) in [6.07, 6.45) is -2.23. The fourth-order valence-corrected chi connectivity index (χ4v) is 1.22. The van der Waals surface area contributed by atoms with Crippen molar-refractivity contribution in [2.45, 2.75) is 13.0 Å². The third-order valence-electron chi connectivity index (χ3n) is 1.90. The van der Waals surface area contributed by atoms with Crippen LogP contribution >= 0.6 is 0 Å². The molecule has 84 valence electrons. The monoisotopic (exact) mass is 228 g/mol. The van der Waals surface area contributed by atoms with Crippen LogP contribution in [0.25, 0.3) is 0 Å². The Balaban J connectivity index is 3.58. The van der Waals surface area contributed by atoms with E-state index >= 15 is 0 Å². The molecule has 8 heteroatoms. The van der Waals surface area contributed by atoms with Gasteiger partial charge in [0.1, 0.15) is 6.07 Å². The molecule has 0 bridgehead atoms. The predicted molar refractivity (Wildman–Crippen MR) is 48.5 cm³/mol. The summed E-state index contributed by atoms with van der Waals surface area (Å²) < 4.78 is 24.9. The highest BCUT2D eigenvalue weighted by Gasteiger charge is 2.28. The standard InChI is InChI=1S/C8H6F2N4O2/c9-8(10)6-7(14(15)16)5(2-12)4(1-11)3-13-6/h3,8H,2,12H2. The number of halogens is 2. The first-order chi connectivity index (χ1) is 7.52. The lowest BCUT2D eigenvalue weighted by molar-refractivity contribution is -0.387. The maximum absolute atomic E-state index is 12.4. The Morgan fingerprint density at radius 2 is 2.31 bits per heavy atom. The molecule has 0 aromatic carbocycles. The number of nitro groups is 1. The Morgan fingerprint density at radius 1 is 1.69 bits per heavy atom. The van der Waals surface area contributed by atoms with Gasteiger partial charge in [0.25, 0.3) is 6.43 Å². The van der Waals surface area contributed by atoms with E-state index in [1.54, 1.807) is 6.07 Å². The zero-order valence-corrected chi connectivity index (χ0v) is 7.85. The molecule has 16 heavy (non-hydrogen) atoms. The molecule has 1 aromatic rings. The van der Waals surface area contributed by atoms with Crippen LogP contribution in [0.1, 0.15) is 23.2 Å². The van der Waals surface area contributed by atoms with Crippen LogP contribution in [-0.4, -0.2) is 9.91 Å². The third-order valence-corrected chi connectivity index (χ3v) is 1.90. The van der Waals surface area contributed by atoms with Gasteiger partial charge in [-0.3, -0.25) is 10.1 Å². The third kappa shape index (κ3) is 1.94. The molecule has 0 atom stereocenters. The Bertz CT molecular complexity index is 470. The molecular formula is C8H6F2N4O2. The zero-order valence-electron chi connectivity index (χ0n) is 7.85. The molecule has 0 radical (unpaired) electrons. The molecule has 0 unspecified atom stereocenters. The average molecular weight is 228 g/mol. The SMILES string of the molecule is N#Cc1cnc(C(F)F)c([N+](=O)[O-])c1CN. The number of aromatic nitrogens is 1. The summed E-state index contributed by atoms with van der Waals surface area (Å²) in [5, 5.41) is 19.3. The van der Waals surface area contributed by atoms with E-state index in [1.807, 2.05) is 0 Å². The molecule has 2 N–H and O–H groups in total. The Labute approximate surface area is 88.5 Å². The molecule has 0 aliphatic carbocycles. The second-order valence-electron chi connectivity index (χ2n) is 2.76. The van der Waals surface area contributed by atoms with Crippen LogP contribution in [-0.2, 0) is 6.54 Å². The second kappa shape index (κ2) is 4.59. The summed E-state index contributed by atoms with van der Waals surface area (Å²) in [6.45, 7) is -0.374. The van der Waals surface area contributed by atoms with Gasteiger partial charge in [0.2, 0.25) is 0 Å². The number of nitriles is 1. The van der Waals surface area contributed by atoms with Gasteiger partial charge >= 0.3 is 5.69 Å². The summed E-state index contributed by atoms with van der Waals surface area (Å²) in [4.78, 5) is 12.8. The van der Waals surface area contributed by atoms with E-state index in [4.69, 9.17) is 11.0 Å². The smallest absolute Gasteiger partial charge is 0.302 e. The van der Waals surface area contributed by atoms with Gasteiger partial charge in [-0.1, -0.05) is 0 Å². The summed E-state index contributed by atoms with van der Waals surface area (Å²) >= 11 is 0. The van der Waals surface area contributed by atoms with E-state index in [0.717, 1.165) is 6.20 Å². The zero-order chi connectivity index (χ0) is 12.3. The Hall–Kier alpha value is -2.14. The molecule has 0 amide bonds.